The Balaban J connectivity index is 1.73. The molecule has 2 aromatic rings. The van der Waals surface area contributed by atoms with Crippen molar-refractivity contribution in [1.82, 2.24) is 9.97 Å². The van der Waals surface area contributed by atoms with Crippen molar-refractivity contribution in [3.8, 4) is 5.88 Å². The number of anilines is 1. The van der Waals surface area contributed by atoms with Gasteiger partial charge in [-0.3, -0.25) is 0 Å². The molecular weight excluding hydrogens is 302 g/mol. The number of hydrogen-bond donors (Lipinski definition) is 0. The third-order valence-corrected chi connectivity index (χ3v) is 3.83. The molecule has 0 aliphatic carbocycles. The molecule has 0 radical (unpaired) electrons. The van der Waals surface area contributed by atoms with Crippen molar-refractivity contribution >= 4 is 5.95 Å². The zero-order valence-electron chi connectivity index (χ0n) is 14.8. The molecule has 0 atom stereocenters. The minimum Gasteiger partial charge on any atom is -0.473 e. The summed E-state index contributed by atoms with van der Waals surface area (Å²) in [6.45, 7) is 10.4. The van der Waals surface area contributed by atoms with Gasteiger partial charge in [0.25, 0.3) is 0 Å². The minimum atomic E-state index is -0.244. The number of aromatic nitrogens is 2. The largest absolute Gasteiger partial charge is 0.473 e. The highest BCUT2D eigenvalue weighted by atomic mass is 16.5. The van der Waals surface area contributed by atoms with Gasteiger partial charge in [0.1, 0.15) is 6.61 Å². The average Bonchev–Trinajstić information content (AvgIpc) is 2.51. The highest BCUT2D eigenvalue weighted by Crippen LogP contribution is 2.30. The number of ether oxygens (including phenoxy) is 2. The molecule has 1 aliphatic rings. The van der Waals surface area contributed by atoms with E-state index in [-0.39, 0.29) is 11.2 Å². The first kappa shape index (κ1) is 16.7. The second-order valence-electron chi connectivity index (χ2n) is 7.45. The molecule has 2 heterocycles. The highest BCUT2D eigenvalue weighted by Gasteiger charge is 2.39. The first-order valence-electron chi connectivity index (χ1n) is 8.28. The van der Waals surface area contributed by atoms with Gasteiger partial charge in [0, 0.05) is 25.4 Å². The van der Waals surface area contributed by atoms with Crippen molar-refractivity contribution < 1.29 is 9.47 Å². The van der Waals surface area contributed by atoms with E-state index in [9.17, 15) is 0 Å². The molecule has 0 unspecified atom stereocenters. The molecule has 3 rings (SSSR count). The van der Waals surface area contributed by atoms with Crippen LogP contribution in [0.5, 0.6) is 5.88 Å². The third kappa shape index (κ3) is 4.23. The van der Waals surface area contributed by atoms with Crippen LogP contribution < -0.4 is 9.64 Å². The lowest BCUT2D eigenvalue weighted by Crippen LogP contribution is -2.57. The highest BCUT2D eigenvalue weighted by molar-refractivity contribution is 5.34. The van der Waals surface area contributed by atoms with E-state index < -0.39 is 0 Å². The molecule has 24 heavy (non-hydrogen) atoms. The van der Waals surface area contributed by atoms with Gasteiger partial charge in [0.2, 0.25) is 11.8 Å². The Morgan fingerprint density at radius 3 is 2.38 bits per heavy atom. The van der Waals surface area contributed by atoms with Crippen molar-refractivity contribution in [3.05, 3.63) is 48.2 Å². The zero-order chi connectivity index (χ0) is 17.2. The standard InChI is InChI=1S/C19H25N3O2/c1-18(2)13-22(14-19(3,4)24-18)17-20-11-10-16(21-17)23-12-15-8-6-5-7-9-15/h5-11H,12-14H2,1-4H3. The van der Waals surface area contributed by atoms with Crippen LogP contribution in [-0.4, -0.2) is 34.3 Å². The minimum absolute atomic E-state index is 0.244. The fourth-order valence-corrected chi connectivity index (χ4v) is 3.23. The van der Waals surface area contributed by atoms with Gasteiger partial charge in [0.05, 0.1) is 11.2 Å². The maximum atomic E-state index is 6.12. The van der Waals surface area contributed by atoms with Gasteiger partial charge in [-0.05, 0) is 33.3 Å². The Hall–Kier alpha value is -2.14. The smallest absolute Gasteiger partial charge is 0.228 e. The Morgan fingerprint density at radius 1 is 1.04 bits per heavy atom. The van der Waals surface area contributed by atoms with Crippen LogP contribution in [-0.2, 0) is 11.3 Å². The number of nitrogens with zero attached hydrogens (tertiary/aromatic N) is 3. The van der Waals surface area contributed by atoms with Crippen LogP contribution in [0.25, 0.3) is 0 Å². The average molecular weight is 327 g/mol. The fraction of sp³-hybridized carbons (Fsp3) is 0.474. The Kier molecular flexibility index (Phi) is 4.45. The van der Waals surface area contributed by atoms with Gasteiger partial charge < -0.3 is 14.4 Å². The molecule has 0 saturated carbocycles. The van der Waals surface area contributed by atoms with Gasteiger partial charge in [-0.1, -0.05) is 30.3 Å². The summed E-state index contributed by atoms with van der Waals surface area (Å²) >= 11 is 0. The van der Waals surface area contributed by atoms with Gasteiger partial charge in [-0.15, -0.1) is 0 Å². The van der Waals surface area contributed by atoms with Gasteiger partial charge >= 0.3 is 0 Å². The summed E-state index contributed by atoms with van der Waals surface area (Å²) in [5, 5.41) is 0. The molecule has 1 aliphatic heterocycles. The second kappa shape index (κ2) is 6.40. The normalized spacial score (nSPS) is 19.1. The lowest BCUT2D eigenvalue weighted by atomic mass is 9.99. The van der Waals surface area contributed by atoms with E-state index in [0.29, 0.717) is 18.4 Å². The van der Waals surface area contributed by atoms with Gasteiger partial charge in [-0.2, -0.15) is 4.98 Å². The summed E-state index contributed by atoms with van der Waals surface area (Å²) in [5.74, 6) is 1.27. The van der Waals surface area contributed by atoms with E-state index in [1.54, 1.807) is 12.3 Å². The molecule has 5 nitrogen and oxygen atoms in total. The topological polar surface area (TPSA) is 47.5 Å². The summed E-state index contributed by atoms with van der Waals surface area (Å²) in [4.78, 5) is 11.2. The van der Waals surface area contributed by atoms with E-state index in [4.69, 9.17) is 9.47 Å². The quantitative estimate of drug-likeness (QED) is 0.861. The van der Waals surface area contributed by atoms with E-state index in [2.05, 4.69) is 42.6 Å². The molecule has 128 valence electrons. The van der Waals surface area contributed by atoms with Crippen LogP contribution in [0.4, 0.5) is 5.95 Å². The number of morpholine rings is 1. The number of rotatable bonds is 4. The van der Waals surface area contributed by atoms with Crippen molar-refractivity contribution in [2.75, 3.05) is 18.0 Å². The van der Waals surface area contributed by atoms with Crippen molar-refractivity contribution in [2.24, 2.45) is 0 Å². The summed E-state index contributed by atoms with van der Waals surface area (Å²) < 4.78 is 11.9. The summed E-state index contributed by atoms with van der Waals surface area (Å²) in [7, 11) is 0. The van der Waals surface area contributed by atoms with Gasteiger partial charge in [0.15, 0.2) is 0 Å². The molecule has 1 saturated heterocycles. The van der Waals surface area contributed by atoms with Crippen molar-refractivity contribution in [2.45, 2.75) is 45.5 Å². The van der Waals surface area contributed by atoms with Crippen LogP contribution in [0, 0.1) is 0 Å². The van der Waals surface area contributed by atoms with Crippen LogP contribution >= 0.6 is 0 Å². The first-order chi connectivity index (χ1) is 11.3. The molecule has 0 bridgehead atoms. The SMILES string of the molecule is CC1(C)CN(c2nccc(OCc3ccccc3)n2)CC(C)(C)O1. The molecule has 0 N–H and O–H groups in total. The monoisotopic (exact) mass is 327 g/mol. The Labute approximate surface area is 143 Å². The third-order valence-electron chi connectivity index (χ3n) is 3.83. The lowest BCUT2D eigenvalue weighted by molar-refractivity contribution is -0.133. The molecule has 0 spiro atoms. The molecule has 0 amide bonds. The Morgan fingerprint density at radius 2 is 1.71 bits per heavy atom. The van der Waals surface area contributed by atoms with Crippen molar-refractivity contribution in [3.63, 3.8) is 0 Å². The number of hydrogen-bond acceptors (Lipinski definition) is 5. The maximum absolute atomic E-state index is 6.12. The summed E-state index contributed by atoms with van der Waals surface area (Å²) in [6.07, 6.45) is 1.75. The van der Waals surface area contributed by atoms with E-state index >= 15 is 0 Å². The zero-order valence-corrected chi connectivity index (χ0v) is 14.8. The molecule has 1 aromatic heterocycles. The summed E-state index contributed by atoms with van der Waals surface area (Å²) in [6, 6.07) is 11.9. The van der Waals surface area contributed by atoms with Crippen LogP contribution in [0.1, 0.15) is 33.3 Å². The van der Waals surface area contributed by atoms with Gasteiger partial charge in [-0.25, -0.2) is 4.98 Å². The lowest BCUT2D eigenvalue weighted by Gasteiger charge is -2.47. The van der Waals surface area contributed by atoms with Crippen molar-refractivity contribution in [1.29, 1.82) is 0 Å². The number of benzene rings is 1. The van der Waals surface area contributed by atoms with Crippen LogP contribution in [0.2, 0.25) is 0 Å². The fourth-order valence-electron chi connectivity index (χ4n) is 3.23. The summed E-state index contributed by atoms with van der Waals surface area (Å²) in [5.41, 5.74) is 0.629. The molecular formula is C19H25N3O2. The van der Waals surface area contributed by atoms with E-state index in [1.807, 2.05) is 30.3 Å². The maximum Gasteiger partial charge on any atom is 0.228 e. The van der Waals surface area contributed by atoms with Crippen LogP contribution in [0.3, 0.4) is 0 Å². The molecule has 1 fully saturated rings. The second-order valence-corrected chi connectivity index (χ2v) is 7.45. The molecule has 5 heteroatoms. The predicted molar refractivity (Wildman–Crippen MR) is 94.3 cm³/mol. The first-order valence-corrected chi connectivity index (χ1v) is 8.28. The van der Waals surface area contributed by atoms with Crippen LogP contribution in [0.15, 0.2) is 42.6 Å². The van der Waals surface area contributed by atoms with E-state index in [1.165, 1.54) is 0 Å². The molecule has 1 aromatic carbocycles. The van der Waals surface area contributed by atoms with E-state index in [0.717, 1.165) is 18.7 Å². The Bertz CT molecular complexity index is 670. The predicted octanol–water partition coefficient (Wildman–Crippen LogP) is 3.45.